The molecule has 0 spiro atoms. The van der Waals surface area contributed by atoms with Gasteiger partial charge in [0.05, 0.1) is 12.3 Å². The van der Waals surface area contributed by atoms with Gasteiger partial charge in [-0.1, -0.05) is 41.6 Å². The smallest absolute Gasteiger partial charge is 0.251 e. The van der Waals surface area contributed by atoms with Gasteiger partial charge in [-0.3, -0.25) is 9.59 Å². The highest BCUT2D eigenvalue weighted by Gasteiger charge is 2.15. The molecule has 1 aromatic heterocycles. The van der Waals surface area contributed by atoms with E-state index in [4.69, 9.17) is 0 Å². The third-order valence-electron chi connectivity index (χ3n) is 5.04. The third kappa shape index (κ3) is 5.73. The zero-order valence-electron chi connectivity index (χ0n) is 18.2. The molecule has 31 heavy (non-hydrogen) atoms. The van der Waals surface area contributed by atoms with Crippen molar-refractivity contribution in [3.05, 3.63) is 70.5 Å². The van der Waals surface area contributed by atoms with Crippen LogP contribution in [0.2, 0.25) is 0 Å². The van der Waals surface area contributed by atoms with Crippen molar-refractivity contribution < 1.29 is 9.59 Å². The first-order valence-electron chi connectivity index (χ1n) is 10.1. The predicted molar refractivity (Wildman–Crippen MR) is 123 cm³/mol. The maximum atomic E-state index is 12.4. The van der Waals surface area contributed by atoms with Gasteiger partial charge >= 0.3 is 0 Å². The molecule has 162 valence electrons. The van der Waals surface area contributed by atoms with E-state index in [2.05, 4.69) is 20.8 Å². The fraction of sp³-hybridized carbons (Fsp3) is 0.304. The summed E-state index contributed by atoms with van der Waals surface area (Å²) in [6.07, 6.45) is 0. The van der Waals surface area contributed by atoms with Gasteiger partial charge in [-0.25, -0.2) is 0 Å². The fourth-order valence-electron chi connectivity index (χ4n) is 3.04. The average molecular weight is 438 g/mol. The van der Waals surface area contributed by atoms with E-state index in [9.17, 15) is 9.59 Å². The molecule has 3 aromatic rings. The van der Waals surface area contributed by atoms with Crippen LogP contribution in [-0.4, -0.2) is 32.3 Å². The van der Waals surface area contributed by atoms with Crippen LogP contribution in [0.4, 0.5) is 5.69 Å². The van der Waals surface area contributed by atoms with Crippen molar-refractivity contribution in [2.24, 2.45) is 0 Å². The van der Waals surface area contributed by atoms with E-state index < -0.39 is 0 Å². The minimum atomic E-state index is -0.159. The van der Waals surface area contributed by atoms with Gasteiger partial charge in [0.15, 0.2) is 11.0 Å². The molecular weight excluding hydrogens is 410 g/mol. The molecule has 2 N–H and O–H groups in total. The number of hydrogen-bond acceptors (Lipinski definition) is 5. The Morgan fingerprint density at radius 3 is 2.48 bits per heavy atom. The summed E-state index contributed by atoms with van der Waals surface area (Å²) in [7, 11) is 0. The lowest BCUT2D eigenvalue weighted by molar-refractivity contribution is -0.113. The zero-order chi connectivity index (χ0) is 22.4. The highest BCUT2D eigenvalue weighted by Crippen LogP contribution is 2.20. The molecule has 0 saturated heterocycles. The lowest BCUT2D eigenvalue weighted by atomic mass is 10.1. The molecule has 0 radical (unpaired) electrons. The largest absolute Gasteiger partial charge is 0.345 e. The van der Waals surface area contributed by atoms with E-state index in [0.29, 0.717) is 23.1 Å². The molecule has 3 rings (SSSR count). The van der Waals surface area contributed by atoms with Gasteiger partial charge in [-0.2, -0.15) is 0 Å². The minimum Gasteiger partial charge on any atom is -0.345 e. The zero-order valence-corrected chi connectivity index (χ0v) is 19.0. The second kappa shape index (κ2) is 10.3. The van der Waals surface area contributed by atoms with Crippen LogP contribution in [-0.2, 0) is 17.9 Å². The maximum Gasteiger partial charge on any atom is 0.251 e. The third-order valence-corrected chi connectivity index (χ3v) is 6.01. The van der Waals surface area contributed by atoms with Crippen LogP contribution < -0.4 is 10.6 Å². The van der Waals surface area contributed by atoms with Crippen LogP contribution in [0.5, 0.6) is 0 Å². The molecule has 0 saturated carbocycles. The standard InChI is InChI=1S/C23H27N5O2S/c1-5-28-20(13-24-22(30)18-11-9-15(2)10-12-18)26-27-23(28)31-14-21(29)25-19-8-6-7-16(3)17(19)4/h6-12H,5,13-14H2,1-4H3,(H,24,30)(H,25,29). The maximum absolute atomic E-state index is 12.4. The van der Waals surface area contributed by atoms with Crippen molar-refractivity contribution in [3.63, 3.8) is 0 Å². The van der Waals surface area contributed by atoms with Crippen molar-refractivity contribution in [1.29, 1.82) is 0 Å². The summed E-state index contributed by atoms with van der Waals surface area (Å²) >= 11 is 1.33. The highest BCUT2D eigenvalue weighted by atomic mass is 32.2. The molecule has 2 aromatic carbocycles. The summed E-state index contributed by atoms with van der Waals surface area (Å²) in [5.41, 5.74) is 4.72. The number of aryl methyl sites for hydroxylation is 2. The number of carbonyl (C=O) groups is 2. The molecule has 0 fully saturated rings. The van der Waals surface area contributed by atoms with Gasteiger partial charge in [0.25, 0.3) is 5.91 Å². The lowest BCUT2D eigenvalue weighted by Crippen LogP contribution is -2.24. The molecule has 0 atom stereocenters. The number of nitrogens with one attached hydrogen (secondary N) is 2. The normalized spacial score (nSPS) is 10.7. The first kappa shape index (κ1) is 22.6. The molecular formula is C23H27N5O2S. The number of nitrogens with zero attached hydrogens (tertiary/aromatic N) is 3. The van der Waals surface area contributed by atoms with E-state index in [1.165, 1.54) is 11.8 Å². The predicted octanol–water partition coefficient (Wildman–Crippen LogP) is 3.88. The molecule has 0 aliphatic heterocycles. The van der Waals surface area contributed by atoms with Gasteiger partial charge in [0.2, 0.25) is 5.91 Å². The summed E-state index contributed by atoms with van der Waals surface area (Å²) < 4.78 is 1.91. The summed E-state index contributed by atoms with van der Waals surface area (Å²) in [5, 5.41) is 14.9. The summed E-state index contributed by atoms with van der Waals surface area (Å²) in [4.78, 5) is 24.8. The van der Waals surface area contributed by atoms with Gasteiger partial charge in [0, 0.05) is 17.8 Å². The number of hydrogen-bond donors (Lipinski definition) is 2. The number of anilines is 1. The van der Waals surface area contributed by atoms with Crippen LogP contribution in [0.15, 0.2) is 47.6 Å². The van der Waals surface area contributed by atoms with Gasteiger partial charge in [0.1, 0.15) is 0 Å². The molecule has 0 aliphatic carbocycles. The molecule has 2 amide bonds. The first-order chi connectivity index (χ1) is 14.9. The Kier molecular flexibility index (Phi) is 7.46. The molecule has 0 unspecified atom stereocenters. The van der Waals surface area contributed by atoms with Gasteiger partial charge < -0.3 is 15.2 Å². The molecule has 7 nitrogen and oxygen atoms in total. The fourth-order valence-corrected chi connectivity index (χ4v) is 3.86. The van der Waals surface area contributed by atoms with E-state index in [1.807, 2.05) is 62.6 Å². The van der Waals surface area contributed by atoms with E-state index in [-0.39, 0.29) is 24.1 Å². The van der Waals surface area contributed by atoms with Crippen LogP contribution in [0.1, 0.15) is 39.8 Å². The second-order valence-corrected chi connectivity index (χ2v) is 8.22. The average Bonchev–Trinajstić information content (AvgIpc) is 3.16. The Bertz CT molecular complexity index is 1080. The number of benzene rings is 2. The van der Waals surface area contributed by atoms with Crippen molar-refractivity contribution in [1.82, 2.24) is 20.1 Å². The monoisotopic (exact) mass is 437 g/mol. The second-order valence-electron chi connectivity index (χ2n) is 7.28. The Morgan fingerprint density at radius 1 is 1.03 bits per heavy atom. The number of thioether (sulfide) groups is 1. The Morgan fingerprint density at radius 2 is 1.77 bits per heavy atom. The minimum absolute atomic E-state index is 0.0985. The van der Waals surface area contributed by atoms with Crippen LogP contribution >= 0.6 is 11.8 Å². The van der Waals surface area contributed by atoms with Crippen molar-refractivity contribution in [2.45, 2.75) is 45.9 Å². The topological polar surface area (TPSA) is 88.9 Å². The quantitative estimate of drug-likeness (QED) is 0.522. The Balaban J connectivity index is 1.58. The summed E-state index contributed by atoms with van der Waals surface area (Å²) in [6.45, 7) is 8.87. The van der Waals surface area contributed by atoms with Crippen LogP contribution in [0.3, 0.4) is 0 Å². The SMILES string of the molecule is CCn1c(CNC(=O)c2ccc(C)cc2)nnc1SCC(=O)Nc1cccc(C)c1C. The van der Waals surface area contributed by atoms with E-state index >= 15 is 0 Å². The van der Waals surface area contributed by atoms with Crippen molar-refractivity contribution in [3.8, 4) is 0 Å². The number of rotatable bonds is 8. The van der Waals surface area contributed by atoms with Crippen LogP contribution in [0.25, 0.3) is 0 Å². The van der Waals surface area contributed by atoms with E-state index in [0.717, 1.165) is 22.4 Å². The molecule has 8 heteroatoms. The molecule has 0 bridgehead atoms. The first-order valence-corrected chi connectivity index (χ1v) is 11.1. The summed E-state index contributed by atoms with van der Waals surface area (Å²) in [5.74, 6) is 0.619. The van der Waals surface area contributed by atoms with Gasteiger partial charge in [-0.15, -0.1) is 10.2 Å². The Hall–Kier alpha value is -3.13. The van der Waals surface area contributed by atoms with Crippen LogP contribution in [0, 0.1) is 20.8 Å². The molecule has 0 aliphatic rings. The van der Waals surface area contributed by atoms with E-state index in [1.54, 1.807) is 12.1 Å². The van der Waals surface area contributed by atoms with Crippen molar-refractivity contribution >= 4 is 29.3 Å². The van der Waals surface area contributed by atoms with Gasteiger partial charge in [-0.05, 0) is 57.0 Å². The number of aromatic nitrogens is 3. The summed E-state index contributed by atoms with van der Waals surface area (Å²) in [6, 6.07) is 13.2. The lowest BCUT2D eigenvalue weighted by Gasteiger charge is -2.11. The molecule has 1 heterocycles. The number of carbonyl (C=O) groups excluding carboxylic acids is 2. The highest BCUT2D eigenvalue weighted by molar-refractivity contribution is 7.99. The Labute approximate surface area is 186 Å². The van der Waals surface area contributed by atoms with Crippen molar-refractivity contribution in [2.75, 3.05) is 11.1 Å². The number of amides is 2.